The number of phosphoric ester groups is 1. The molecule has 11 N–H and O–H groups in total. The molecule has 8 heterocycles. The molecule has 396 valence electrons. The normalized spacial score (nSPS) is 30.2. The maximum atomic E-state index is 13.5. The molecule has 3 fully saturated rings. The number of hydrogen-bond donors (Lipinski definition) is 10. The summed E-state index contributed by atoms with van der Waals surface area (Å²) in [5.41, 5.74) is 9.72. The highest BCUT2D eigenvalue weighted by atomic mass is 32.7. The zero-order valence-corrected chi connectivity index (χ0v) is 41.6. The SMILES string of the molecule is COCC[C@@H]1[C@@H](COP(=O)(O)OP(=O)(O)OP(=O)(S)OC[C@H]2O[C@@H](n3cnc4c(N)ncnc43)[C@H](OC)[C@@H]2SCOC[C@H]2O[C@@H](n3ccc(=O)[nH]c3=O)[C@H](O)[C@@H]2O)OC(n2cnc3c(=O)[nH]c(N)nc32)[C@@H]1O. The number of nitrogens with two attached hydrogens (primary N) is 2. The van der Waals surface area contributed by atoms with Crippen LogP contribution in [0.5, 0.6) is 0 Å². The average Bonchev–Trinajstić information content (AvgIpc) is 4.12. The number of aliphatic hydroxyl groups excluding tert-OH is 3. The first kappa shape index (κ1) is 54.2. The highest BCUT2D eigenvalue weighted by Gasteiger charge is 2.51. The molecule has 33 nitrogen and oxygen atoms in total. The van der Waals surface area contributed by atoms with E-state index < -0.39 is 125 Å². The average molecular weight is 1120 g/mol. The fraction of sp³-hybridized carbons (Fsp3) is 0.588. The smallest absolute Gasteiger partial charge is 0.388 e. The summed E-state index contributed by atoms with van der Waals surface area (Å²) >= 11 is 4.84. The van der Waals surface area contributed by atoms with E-state index in [-0.39, 0.29) is 59.7 Å². The standard InChI is InChI=1S/C34H47N12O21P3S2/c1-58-6-4-14-15(63-30(21(14)48)46-12-40-20-28(46)42-33(36)43-29(20)51)8-61-68(53,54)66-69(55,56)67-70(57,71)62-9-17-25(24(59-2)32(65-17)45-11-39-19-26(35)37-10-38-27(19)45)72-13-60-7-16-22(49)23(50)31(64-16)44-5-3-18(47)41-34(44)52/h3,5,10-12,14-17,21-25,30-32,48-50H,4,6-9,13H2,1-2H3,(H,53,54)(H,55,56)(H,57,71)(H2,35,37,38)(H,41,47,52)(H3,36,42,43,51)/t14-,15-,16-,17-,21-,22-,23-,24-,25-,30?,31-,32-,70?/m1/s1. The number of aromatic amines is 2. The van der Waals surface area contributed by atoms with Crippen LogP contribution in [0.1, 0.15) is 25.1 Å². The molecule has 0 bridgehead atoms. The third-order valence-corrected chi connectivity index (χ3v) is 17.9. The Balaban J connectivity index is 0.910. The Morgan fingerprint density at radius 3 is 2.19 bits per heavy atom. The van der Waals surface area contributed by atoms with Gasteiger partial charge in [0.15, 0.2) is 41.3 Å². The Kier molecular flexibility index (Phi) is 16.6. The maximum absolute atomic E-state index is 13.5. The molecule has 4 unspecified atom stereocenters. The lowest BCUT2D eigenvalue weighted by Gasteiger charge is -2.24. The van der Waals surface area contributed by atoms with Crippen LogP contribution in [-0.2, 0) is 59.8 Å². The van der Waals surface area contributed by atoms with E-state index in [1.807, 2.05) is 4.98 Å². The number of thioether (sulfide) groups is 1. The van der Waals surface area contributed by atoms with Gasteiger partial charge in [-0.05, 0) is 6.42 Å². The van der Waals surface area contributed by atoms with Gasteiger partial charge in [0.05, 0.1) is 55.9 Å². The Bertz CT molecular complexity index is 3070. The zero-order valence-electron chi connectivity index (χ0n) is 37.3. The molecule has 3 aliphatic heterocycles. The molecular formula is C34H47N12O21P3S2. The Morgan fingerprint density at radius 1 is 0.792 bits per heavy atom. The van der Waals surface area contributed by atoms with Crippen LogP contribution in [-0.4, -0.2) is 168 Å². The van der Waals surface area contributed by atoms with Crippen molar-refractivity contribution < 1.29 is 84.9 Å². The summed E-state index contributed by atoms with van der Waals surface area (Å²) in [7, 11) is -8.75. The van der Waals surface area contributed by atoms with Crippen LogP contribution >= 0.6 is 46.5 Å². The van der Waals surface area contributed by atoms with Crippen molar-refractivity contribution in [3.05, 3.63) is 62.4 Å². The first-order valence-electron chi connectivity index (χ1n) is 21.0. The molecule has 5 aromatic rings. The minimum absolute atomic E-state index is 0.0505. The fourth-order valence-corrected chi connectivity index (χ4v) is 13.9. The van der Waals surface area contributed by atoms with Gasteiger partial charge in [-0.25, -0.2) is 38.4 Å². The van der Waals surface area contributed by atoms with Crippen molar-refractivity contribution in [2.75, 3.05) is 58.1 Å². The molecule has 15 atom stereocenters. The number of thiol groups is 1. The highest BCUT2D eigenvalue weighted by molar-refractivity contribution is 8.45. The summed E-state index contributed by atoms with van der Waals surface area (Å²) in [6.07, 6.45) is -7.79. The molecule has 38 heteroatoms. The lowest BCUT2D eigenvalue weighted by Crippen LogP contribution is -2.37. The second-order valence-corrected chi connectivity index (χ2v) is 23.2. The number of methoxy groups -OCH3 is 2. The van der Waals surface area contributed by atoms with Crippen molar-refractivity contribution in [2.24, 2.45) is 5.92 Å². The molecular weight excluding hydrogens is 1070 g/mol. The van der Waals surface area contributed by atoms with Crippen LogP contribution in [0.4, 0.5) is 11.8 Å². The van der Waals surface area contributed by atoms with Crippen molar-refractivity contribution in [1.29, 1.82) is 0 Å². The number of anilines is 2. The van der Waals surface area contributed by atoms with Crippen molar-refractivity contribution in [3.63, 3.8) is 0 Å². The predicted molar refractivity (Wildman–Crippen MR) is 247 cm³/mol. The van der Waals surface area contributed by atoms with Crippen LogP contribution in [0.2, 0.25) is 0 Å². The lowest BCUT2D eigenvalue weighted by molar-refractivity contribution is -0.0631. The number of imidazole rings is 2. The summed E-state index contributed by atoms with van der Waals surface area (Å²) in [5, 5.41) is 31.8. The molecule has 72 heavy (non-hydrogen) atoms. The number of aliphatic hydroxyl groups is 3. The van der Waals surface area contributed by atoms with Gasteiger partial charge in [0.1, 0.15) is 42.4 Å². The number of nitrogen functional groups attached to an aromatic ring is 2. The van der Waals surface area contributed by atoms with Gasteiger partial charge >= 0.3 is 28.1 Å². The van der Waals surface area contributed by atoms with Crippen molar-refractivity contribution >= 4 is 80.5 Å². The number of nitrogens with one attached hydrogen (secondary N) is 2. The van der Waals surface area contributed by atoms with Crippen LogP contribution in [0, 0.1) is 5.92 Å². The van der Waals surface area contributed by atoms with E-state index in [4.69, 9.17) is 48.9 Å². The molecule has 3 saturated heterocycles. The van der Waals surface area contributed by atoms with Crippen molar-refractivity contribution in [2.45, 2.75) is 73.1 Å². The molecule has 0 radical (unpaired) electrons. The molecule has 0 amide bonds. The monoisotopic (exact) mass is 1120 g/mol. The van der Waals surface area contributed by atoms with Gasteiger partial charge < -0.3 is 65.0 Å². The molecule has 5 aromatic heterocycles. The van der Waals surface area contributed by atoms with Crippen LogP contribution < -0.4 is 28.3 Å². The third-order valence-electron chi connectivity index (χ3n) is 11.4. The summed E-state index contributed by atoms with van der Waals surface area (Å²) in [6, 6.07) is 1.03. The minimum Gasteiger partial charge on any atom is -0.388 e. The van der Waals surface area contributed by atoms with Gasteiger partial charge in [-0.3, -0.25) is 42.3 Å². The van der Waals surface area contributed by atoms with E-state index in [0.717, 1.165) is 34.9 Å². The predicted octanol–water partition coefficient (Wildman–Crippen LogP) is -1.50. The first-order valence-corrected chi connectivity index (χ1v) is 27.7. The Hall–Kier alpha value is -4.03. The highest BCUT2D eigenvalue weighted by Crippen LogP contribution is 2.71. The van der Waals surface area contributed by atoms with Crippen LogP contribution in [0.15, 0.2) is 45.6 Å². The second-order valence-electron chi connectivity index (χ2n) is 16.0. The fourth-order valence-electron chi connectivity index (χ4n) is 8.17. The Labute approximate surface area is 412 Å². The summed E-state index contributed by atoms with van der Waals surface area (Å²) in [5.74, 6) is -1.28. The Morgan fingerprint density at radius 2 is 1.47 bits per heavy atom. The van der Waals surface area contributed by atoms with E-state index in [2.05, 4.69) is 50.8 Å². The minimum atomic E-state index is -5.87. The third kappa shape index (κ3) is 11.7. The summed E-state index contributed by atoms with van der Waals surface area (Å²) in [6.45, 7) is -6.88. The number of rotatable bonds is 22. The maximum Gasteiger partial charge on any atom is 0.488 e. The summed E-state index contributed by atoms with van der Waals surface area (Å²) < 4.78 is 97.6. The topological polar surface area (TPSA) is 459 Å². The number of ether oxygens (including phenoxy) is 6. The molecule has 8 rings (SSSR count). The number of hydrogen-bond acceptors (Lipinski definition) is 27. The molecule has 0 saturated carbocycles. The van der Waals surface area contributed by atoms with Gasteiger partial charge in [0.2, 0.25) is 5.95 Å². The number of fused-ring (bicyclic) bond motifs is 2. The number of aromatic nitrogens is 10. The van der Waals surface area contributed by atoms with Crippen molar-refractivity contribution in [1.82, 2.24) is 48.6 Å². The van der Waals surface area contributed by atoms with Crippen molar-refractivity contribution in [3.8, 4) is 0 Å². The van der Waals surface area contributed by atoms with Gasteiger partial charge in [-0.1, -0.05) is 12.2 Å². The van der Waals surface area contributed by atoms with E-state index in [1.165, 1.54) is 36.0 Å². The van der Waals surface area contributed by atoms with Gasteiger partial charge in [0, 0.05) is 39.0 Å². The number of phosphoric acid groups is 2. The van der Waals surface area contributed by atoms with E-state index >= 15 is 0 Å². The first-order chi connectivity index (χ1) is 34.1. The van der Waals surface area contributed by atoms with E-state index in [0.29, 0.717) is 0 Å². The second kappa shape index (κ2) is 22.0. The van der Waals surface area contributed by atoms with Crippen LogP contribution in [0.25, 0.3) is 22.3 Å². The number of H-pyrrole nitrogens is 2. The lowest BCUT2D eigenvalue weighted by atomic mass is 9.95. The van der Waals surface area contributed by atoms with Crippen LogP contribution in [0.3, 0.4) is 0 Å². The van der Waals surface area contributed by atoms with E-state index in [1.54, 1.807) is 0 Å². The quantitative estimate of drug-likeness (QED) is 0.0163. The molecule has 3 aliphatic rings. The number of nitrogens with zero attached hydrogens (tertiary/aromatic N) is 8. The van der Waals surface area contributed by atoms with E-state index in [9.17, 15) is 53.2 Å². The summed E-state index contributed by atoms with van der Waals surface area (Å²) in [4.78, 5) is 82.2. The zero-order chi connectivity index (χ0) is 51.9. The van der Waals surface area contributed by atoms with Gasteiger partial charge in [0.25, 0.3) is 11.1 Å². The van der Waals surface area contributed by atoms with Gasteiger partial charge in [-0.2, -0.15) is 13.6 Å². The molecule has 0 aromatic carbocycles. The molecule has 0 spiro atoms. The molecule has 0 aliphatic carbocycles. The van der Waals surface area contributed by atoms with Gasteiger partial charge in [-0.15, -0.1) is 11.8 Å². The largest absolute Gasteiger partial charge is 0.488 e.